The largest absolute Gasteiger partial charge is 0.389 e. The highest BCUT2D eigenvalue weighted by Crippen LogP contribution is 2.31. The zero-order valence-electron chi connectivity index (χ0n) is 8.97. The molecule has 0 radical (unpaired) electrons. The third-order valence-corrected chi connectivity index (χ3v) is 3.81. The zero-order valence-corrected chi connectivity index (χ0v) is 10.5. The van der Waals surface area contributed by atoms with E-state index < -0.39 is 5.60 Å². The van der Waals surface area contributed by atoms with Crippen LogP contribution in [-0.4, -0.2) is 23.8 Å². The van der Waals surface area contributed by atoms with Gasteiger partial charge in [-0.15, -0.1) is 0 Å². The summed E-state index contributed by atoms with van der Waals surface area (Å²) in [6.07, 6.45) is 2.02. The lowest BCUT2D eigenvalue weighted by atomic mass is 9.86. The Morgan fingerprint density at radius 3 is 2.31 bits per heavy atom. The van der Waals surface area contributed by atoms with Crippen LogP contribution in [0.1, 0.15) is 18.4 Å². The predicted molar refractivity (Wildman–Crippen MR) is 67.2 cm³/mol. The van der Waals surface area contributed by atoms with Gasteiger partial charge in [0.1, 0.15) is 0 Å². The molecule has 0 amide bonds. The second-order valence-electron chi connectivity index (χ2n) is 4.35. The molecule has 2 rings (SSSR count). The standard InChI is InChI=1S/C12H15Cl2NO/c13-10-2-1-3-11(14)9(10)8-12(16)4-6-15-7-5-12/h1-3,15-16H,4-8H2. The third-order valence-electron chi connectivity index (χ3n) is 3.10. The van der Waals surface area contributed by atoms with Crippen LogP contribution < -0.4 is 5.32 Å². The van der Waals surface area contributed by atoms with Crippen LogP contribution in [0.4, 0.5) is 0 Å². The number of hydrogen-bond donors (Lipinski definition) is 2. The Kier molecular flexibility index (Phi) is 3.75. The van der Waals surface area contributed by atoms with Crippen molar-refractivity contribution in [3.63, 3.8) is 0 Å². The average Bonchev–Trinajstić information content (AvgIpc) is 2.25. The van der Waals surface area contributed by atoms with Gasteiger partial charge in [-0.2, -0.15) is 0 Å². The van der Waals surface area contributed by atoms with Crippen LogP contribution in [0.3, 0.4) is 0 Å². The van der Waals surface area contributed by atoms with Crippen LogP contribution in [0.5, 0.6) is 0 Å². The molecule has 88 valence electrons. The number of nitrogens with one attached hydrogen (secondary N) is 1. The van der Waals surface area contributed by atoms with Crippen molar-refractivity contribution in [2.24, 2.45) is 0 Å². The summed E-state index contributed by atoms with van der Waals surface area (Å²) in [5.41, 5.74) is 0.190. The quantitative estimate of drug-likeness (QED) is 0.856. The third kappa shape index (κ3) is 2.69. The molecule has 16 heavy (non-hydrogen) atoms. The van der Waals surface area contributed by atoms with Crippen molar-refractivity contribution in [2.75, 3.05) is 13.1 Å². The van der Waals surface area contributed by atoms with Crippen LogP contribution in [0.25, 0.3) is 0 Å². The highest BCUT2D eigenvalue weighted by atomic mass is 35.5. The minimum Gasteiger partial charge on any atom is -0.389 e. The minimum absolute atomic E-state index is 0.535. The summed E-state index contributed by atoms with van der Waals surface area (Å²) in [5.74, 6) is 0. The van der Waals surface area contributed by atoms with E-state index in [1.807, 2.05) is 18.2 Å². The molecule has 1 aromatic carbocycles. The lowest BCUT2D eigenvalue weighted by Gasteiger charge is -2.33. The maximum absolute atomic E-state index is 10.4. The summed E-state index contributed by atoms with van der Waals surface area (Å²) >= 11 is 12.2. The molecular formula is C12H15Cl2NO. The molecular weight excluding hydrogens is 245 g/mol. The Morgan fingerprint density at radius 1 is 1.19 bits per heavy atom. The van der Waals surface area contributed by atoms with Crippen molar-refractivity contribution in [2.45, 2.75) is 24.9 Å². The smallest absolute Gasteiger partial charge is 0.0713 e. The van der Waals surface area contributed by atoms with Gasteiger partial charge >= 0.3 is 0 Å². The molecule has 0 aliphatic carbocycles. The Labute approximate surface area is 106 Å². The molecule has 1 aromatic rings. The molecule has 0 unspecified atom stereocenters. The van der Waals surface area contributed by atoms with Crippen LogP contribution in [0.15, 0.2) is 18.2 Å². The normalized spacial score (nSPS) is 19.7. The SMILES string of the molecule is OC1(Cc2c(Cl)cccc2Cl)CCNCC1. The van der Waals surface area contributed by atoms with E-state index in [-0.39, 0.29) is 0 Å². The molecule has 2 N–H and O–H groups in total. The van der Waals surface area contributed by atoms with Gasteiger partial charge in [0.2, 0.25) is 0 Å². The zero-order chi connectivity index (χ0) is 11.6. The average molecular weight is 260 g/mol. The first kappa shape index (κ1) is 12.2. The molecule has 1 saturated heterocycles. The summed E-state index contributed by atoms with van der Waals surface area (Å²) in [7, 11) is 0. The van der Waals surface area contributed by atoms with Gasteiger partial charge in [-0.05, 0) is 43.6 Å². The number of aliphatic hydroxyl groups is 1. The van der Waals surface area contributed by atoms with Crippen molar-refractivity contribution in [3.8, 4) is 0 Å². The second-order valence-corrected chi connectivity index (χ2v) is 5.17. The number of rotatable bonds is 2. The van der Waals surface area contributed by atoms with Gasteiger partial charge in [0.25, 0.3) is 0 Å². The Hall–Kier alpha value is -0.280. The van der Waals surface area contributed by atoms with E-state index in [9.17, 15) is 5.11 Å². The molecule has 4 heteroatoms. The van der Waals surface area contributed by atoms with Crippen molar-refractivity contribution < 1.29 is 5.11 Å². The fourth-order valence-corrected chi connectivity index (χ4v) is 2.63. The molecule has 0 bridgehead atoms. The maximum Gasteiger partial charge on any atom is 0.0713 e. The van der Waals surface area contributed by atoms with Crippen molar-refractivity contribution >= 4 is 23.2 Å². The molecule has 0 atom stereocenters. The highest BCUT2D eigenvalue weighted by molar-refractivity contribution is 6.36. The van der Waals surface area contributed by atoms with E-state index in [1.165, 1.54) is 0 Å². The van der Waals surface area contributed by atoms with E-state index >= 15 is 0 Å². The van der Waals surface area contributed by atoms with Crippen LogP contribution >= 0.6 is 23.2 Å². The number of benzene rings is 1. The first-order chi connectivity index (χ1) is 7.61. The van der Waals surface area contributed by atoms with Crippen molar-refractivity contribution in [3.05, 3.63) is 33.8 Å². The van der Waals surface area contributed by atoms with Crippen LogP contribution in [-0.2, 0) is 6.42 Å². The van der Waals surface area contributed by atoms with Gasteiger partial charge in [-0.1, -0.05) is 29.3 Å². The van der Waals surface area contributed by atoms with Gasteiger partial charge < -0.3 is 10.4 Å². The molecule has 0 aromatic heterocycles. The fraction of sp³-hybridized carbons (Fsp3) is 0.500. The lowest BCUT2D eigenvalue weighted by molar-refractivity contribution is 0.0109. The van der Waals surface area contributed by atoms with Gasteiger partial charge in [0.15, 0.2) is 0 Å². The Morgan fingerprint density at radius 2 is 1.75 bits per heavy atom. The van der Waals surface area contributed by atoms with E-state index in [1.54, 1.807) is 0 Å². The van der Waals surface area contributed by atoms with Gasteiger partial charge in [-0.25, -0.2) is 0 Å². The number of piperidine rings is 1. The van der Waals surface area contributed by atoms with Crippen molar-refractivity contribution in [1.29, 1.82) is 0 Å². The highest BCUT2D eigenvalue weighted by Gasteiger charge is 2.30. The molecule has 0 saturated carbocycles. The summed E-state index contributed by atoms with van der Waals surface area (Å²) in [5, 5.41) is 14.9. The molecule has 1 heterocycles. The number of hydrogen-bond acceptors (Lipinski definition) is 2. The molecule has 1 aliphatic rings. The summed E-state index contributed by atoms with van der Waals surface area (Å²) < 4.78 is 0. The molecule has 0 spiro atoms. The topological polar surface area (TPSA) is 32.3 Å². The minimum atomic E-state index is -0.667. The van der Waals surface area contributed by atoms with Gasteiger partial charge in [0, 0.05) is 16.5 Å². The first-order valence-corrected chi connectivity index (χ1v) is 6.22. The van der Waals surface area contributed by atoms with Gasteiger partial charge in [-0.3, -0.25) is 0 Å². The molecule has 2 nitrogen and oxygen atoms in total. The van der Waals surface area contributed by atoms with E-state index in [4.69, 9.17) is 23.2 Å². The Bertz CT molecular complexity index is 355. The summed E-state index contributed by atoms with van der Waals surface area (Å²) in [6.45, 7) is 1.69. The van der Waals surface area contributed by atoms with Gasteiger partial charge in [0.05, 0.1) is 5.60 Å². The fourth-order valence-electron chi connectivity index (χ4n) is 2.10. The van der Waals surface area contributed by atoms with E-state index in [2.05, 4.69) is 5.32 Å². The first-order valence-electron chi connectivity index (χ1n) is 5.47. The lowest BCUT2D eigenvalue weighted by Crippen LogP contribution is -2.43. The molecule has 1 aliphatic heterocycles. The van der Waals surface area contributed by atoms with Crippen molar-refractivity contribution in [1.82, 2.24) is 5.32 Å². The maximum atomic E-state index is 10.4. The number of halogens is 2. The Balaban J connectivity index is 2.19. The van der Waals surface area contributed by atoms with Crippen LogP contribution in [0, 0.1) is 0 Å². The molecule has 1 fully saturated rings. The van der Waals surface area contributed by atoms with E-state index in [0.29, 0.717) is 16.5 Å². The van der Waals surface area contributed by atoms with Crippen LogP contribution in [0.2, 0.25) is 10.0 Å². The predicted octanol–water partition coefficient (Wildman–Crippen LogP) is 2.65. The van der Waals surface area contributed by atoms with E-state index in [0.717, 1.165) is 31.5 Å². The second kappa shape index (κ2) is 4.92. The summed E-state index contributed by atoms with van der Waals surface area (Å²) in [4.78, 5) is 0. The summed E-state index contributed by atoms with van der Waals surface area (Å²) in [6, 6.07) is 5.45. The monoisotopic (exact) mass is 259 g/mol.